The van der Waals surface area contributed by atoms with Crippen LogP contribution in [-0.2, 0) is 0 Å². The smallest absolute Gasteiger partial charge is 0.237 e. The molecule has 2 heterocycles. The van der Waals surface area contributed by atoms with Gasteiger partial charge in [-0.3, -0.25) is 14.4 Å². The molecule has 2 atom stereocenters. The lowest BCUT2D eigenvalue weighted by atomic mass is 9.92. The Bertz CT molecular complexity index is 1460. The van der Waals surface area contributed by atoms with E-state index in [2.05, 4.69) is 23.6 Å². The Morgan fingerprint density at radius 3 is 1.47 bits per heavy atom. The fourth-order valence-electron chi connectivity index (χ4n) is 4.92. The molecule has 2 unspecified atom stereocenters. The molecule has 0 N–H and O–H groups in total. The van der Waals surface area contributed by atoms with Crippen LogP contribution in [0.5, 0.6) is 0 Å². The van der Waals surface area contributed by atoms with Gasteiger partial charge in [-0.1, -0.05) is 60.7 Å². The van der Waals surface area contributed by atoms with Crippen LogP contribution in [0.3, 0.4) is 0 Å². The minimum absolute atomic E-state index is 0.0334. The molecule has 0 saturated heterocycles. The number of anilines is 2. The van der Waals surface area contributed by atoms with Gasteiger partial charge in [0.2, 0.25) is 16.3 Å². The molecule has 5 nitrogen and oxygen atoms in total. The lowest BCUT2D eigenvalue weighted by Crippen LogP contribution is -2.37. The predicted molar refractivity (Wildman–Crippen MR) is 138 cm³/mol. The lowest BCUT2D eigenvalue weighted by molar-refractivity contribution is 0.948. The molecule has 0 bridgehead atoms. The van der Waals surface area contributed by atoms with E-state index in [1.165, 1.54) is 0 Å². The fourth-order valence-corrected chi connectivity index (χ4v) is 4.92. The fraction of sp³-hybridized carbons (Fsp3) is 0.207. The first-order valence-electron chi connectivity index (χ1n) is 11.7. The van der Waals surface area contributed by atoms with Gasteiger partial charge in [-0.25, -0.2) is 0 Å². The zero-order chi connectivity index (χ0) is 23.8. The zero-order valence-electron chi connectivity index (χ0n) is 19.3. The maximum atomic E-state index is 13.3. The van der Waals surface area contributed by atoms with Gasteiger partial charge in [0, 0.05) is 48.7 Å². The molecule has 0 aromatic heterocycles. The number of rotatable bonds is 4. The minimum Gasteiger partial charge on any atom is -0.348 e. The highest BCUT2D eigenvalue weighted by Gasteiger charge is 2.21. The third-order valence-corrected chi connectivity index (χ3v) is 6.72. The van der Waals surface area contributed by atoms with Crippen molar-refractivity contribution in [3.63, 3.8) is 0 Å². The van der Waals surface area contributed by atoms with E-state index in [1.807, 2.05) is 73.1 Å². The molecule has 0 amide bonds. The monoisotopic (exact) mass is 450 g/mol. The topological polar surface area (TPSA) is 57.7 Å². The van der Waals surface area contributed by atoms with Gasteiger partial charge < -0.3 is 9.80 Å². The van der Waals surface area contributed by atoms with Crippen molar-refractivity contribution in [2.45, 2.75) is 25.7 Å². The maximum absolute atomic E-state index is 13.3. The maximum Gasteiger partial charge on any atom is 0.237 e. The predicted octanol–water partition coefficient (Wildman–Crippen LogP) is 2.48. The minimum atomic E-state index is -0.719. The number of hydrogen-bond acceptors (Lipinski definition) is 5. The summed E-state index contributed by atoms with van der Waals surface area (Å²) in [5.74, 6) is -0.495. The summed E-state index contributed by atoms with van der Waals surface area (Å²) < 4.78 is 0. The molecule has 0 radical (unpaired) electrons. The van der Waals surface area contributed by atoms with E-state index in [-0.39, 0.29) is 22.3 Å². The molecule has 0 saturated carbocycles. The Morgan fingerprint density at radius 2 is 1.06 bits per heavy atom. The van der Waals surface area contributed by atoms with E-state index in [1.54, 1.807) is 12.2 Å². The van der Waals surface area contributed by atoms with E-state index in [4.69, 9.17) is 0 Å². The summed E-state index contributed by atoms with van der Waals surface area (Å²) >= 11 is 0. The molecule has 170 valence electrons. The van der Waals surface area contributed by atoms with E-state index < -0.39 is 16.3 Å². The SMILES string of the molecule is CCN1C=CC(C=c2c(=O)c(=O)c(=CC3C=CN(CC)c4ccccc43)c2=O)c2ccccc21. The van der Waals surface area contributed by atoms with Gasteiger partial charge in [0.25, 0.3) is 0 Å². The number of benzene rings is 2. The van der Waals surface area contributed by atoms with Gasteiger partial charge in [-0.05, 0) is 37.1 Å². The zero-order valence-corrected chi connectivity index (χ0v) is 19.3. The van der Waals surface area contributed by atoms with Crippen LogP contribution in [-0.4, -0.2) is 13.1 Å². The second-order valence-corrected chi connectivity index (χ2v) is 8.57. The first kappa shape index (κ1) is 21.8. The Balaban J connectivity index is 1.64. The van der Waals surface area contributed by atoms with E-state index >= 15 is 0 Å². The first-order chi connectivity index (χ1) is 16.5. The molecule has 3 aromatic carbocycles. The van der Waals surface area contributed by atoms with Crippen LogP contribution < -0.4 is 36.5 Å². The van der Waals surface area contributed by atoms with Crippen LogP contribution in [0.4, 0.5) is 11.4 Å². The van der Waals surface area contributed by atoms with E-state index in [0.29, 0.717) is 0 Å². The van der Waals surface area contributed by atoms with Gasteiger partial charge in [0.15, 0.2) is 0 Å². The van der Waals surface area contributed by atoms with Gasteiger partial charge in [0.1, 0.15) is 0 Å². The average Bonchev–Trinajstić information content (AvgIpc) is 3.07. The molecular weight excluding hydrogens is 424 g/mol. The molecule has 0 fully saturated rings. The molecular formula is C29H26N2O3. The Kier molecular flexibility index (Phi) is 5.62. The van der Waals surface area contributed by atoms with Gasteiger partial charge in [0.05, 0.1) is 10.4 Å². The normalized spacial score (nSPS) is 20.1. The molecule has 5 rings (SSSR count). The summed E-state index contributed by atoms with van der Waals surface area (Å²) in [5, 5.41) is -0.0668. The van der Waals surface area contributed by atoms with E-state index in [0.717, 1.165) is 35.6 Å². The highest BCUT2D eigenvalue weighted by atomic mass is 16.2. The molecule has 5 heteroatoms. The second kappa shape index (κ2) is 8.75. The van der Waals surface area contributed by atoms with Crippen LogP contribution in [0, 0.1) is 0 Å². The third kappa shape index (κ3) is 3.54. The molecule has 2 aliphatic rings. The first-order valence-corrected chi connectivity index (χ1v) is 11.7. The van der Waals surface area contributed by atoms with Gasteiger partial charge in [-0.15, -0.1) is 0 Å². The van der Waals surface area contributed by atoms with Gasteiger partial charge >= 0.3 is 0 Å². The second-order valence-electron chi connectivity index (χ2n) is 8.57. The molecule has 3 aromatic rings. The van der Waals surface area contributed by atoms with Crippen molar-refractivity contribution in [1.29, 1.82) is 0 Å². The summed E-state index contributed by atoms with van der Waals surface area (Å²) in [6.45, 7) is 5.76. The van der Waals surface area contributed by atoms with Crippen LogP contribution in [0.25, 0.3) is 12.2 Å². The molecule has 0 aliphatic carbocycles. The summed E-state index contributed by atoms with van der Waals surface area (Å²) in [5.41, 5.74) is 2.18. The Morgan fingerprint density at radius 1 is 0.647 bits per heavy atom. The number of allylic oxidation sites excluding steroid dienone is 2. The number of hydrogen-bond donors (Lipinski definition) is 0. The summed E-state index contributed by atoms with van der Waals surface area (Å²) in [6.07, 6.45) is 11.2. The van der Waals surface area contributed by atoms with Crippen LogP contribution in [0.15, 0.2) is 87.5 Å². The average molecular weight is 451 g/mol. The highest BCUT2D eigenvalue weighted by molar-refractivity contribution is 5.66. The molecule has 0 spiro atoms. The van der Waals surface area contributed by atoms with Crippen molar-refractivity contribution in [3.05, 3.63) is 125 Å². The standard InChI is InChI=1S/C29H26N2O3/c1-3-30-15-13-19(21-9-5-7-11-25(21)30)17-23-27(32)24(29(34)28(23)33)18-20-14-16-31(4-2)26-12-8-6-10-22(20)26/h5-20H,3-4H2,1-2H3. The summed E-state index contributed by atoms with van der Waals surface area (Å²) in [4.78, 5) is 43.3. The number of para-hydroxylation sites is 2. The van der Waals surface area contributed by atoms with Crippen molar-refractivity contribution in [3.8, 4) is 0 Å². The summed E-state index contributed by atoms with van der Waals surface area (Å²) in [7, 11) is 0. The number of nitrogens with zero attached hydrogens (tertiary/aromatic N) is 2. The summed E-state index contributed by atoms with van der Waals surface area (Å²) in [6, 6.07) is 15.9. The van der Waals surface area contributed by atoms with Crippen LogP contribution >= 0.6 is 0 Å². The van der Waals surface area contributed by atoms with Crippen molar-refractivity contribution < 1.29 is 0 Å². The highest BCUT2D eigenvalue weighted by Crippen LogP contribution is 2.34. The van der Waals surface area contributed by atoms with Crippen molar-refractivity contribution in [2.75, 3.05) is 22.9 Å². The molecule has 34 heavy (non-hydrogen) atoms. The Hall–Kier alpha value is -3.99. The van der Waals surface area contributed by atoms with Crippen LogP contribution in [0.1, 0.15) is 36.8 Å². The third-order valence-electron chi connectivity index (χ3n) is 6.72. The largest absolute Gasteiger partial charge is 0.348 e. The quantitative estimate of drug-likeness (QED) is 0.572. The van der Waals surface area contributed by atoms with Crippen molar-refractivity contribution in [2.24, 2.45) is 0 Å². The molecule has 2 aliphatic heterocycles. The number of fused-ring (bicyclic) bond motifs is 2. The van der Waals surface area contributed by atoms with Crippen molar-refractivity contribution >= 4 is 23.5 Å². The van der Waals surface area contributed by atoms with Crippen LogP contribution in [0.2, 0.25) is 0 Å². The lowest BCUT2D eigenvalue weighted by Gasteiger charge is -2.28. The van der Waals surface area contributed by atoms with Gasteiger partial charge in [-0.2, -0.15) is 0 Å². The van der Waals surface area contributed by atoms with Crippen molar-refractivity contribution in [1.82, 2.24) is 0 Å². The van der Waals surface area contributed by atoms with E-state index in [9.17, 15) is 14.4 Å². The Labute approximate surface area is 197 Å².